The molecule has 2 aromatic carbocycles. The van der Waals surface area contributed by atoms with Crippen LogP contribution in [0.4, 0.5) is 0 Å². The van der Waals surface area contributed by atoms with Crippen molar-refractivity contribution in [1.29, 1.82) is 0 Å². The minimum Gasteiger partial charge on any atom is -0.451 e. The molecule has 0 radical (unpaired) electrons. The number of hydrogen-bond donors (Lipinski definition) is 1. The Morgan fingerprint density at radius 3 is 2.14 bits per heavy atom. The van der Waals surface area contributed by atoms with Crippen molar-refractivity contribution in [2.75, 3.05) is 0 Å². The molecule has 6 nitrogen and oxygen atoms in total. The van der Waals surface area contributed by atoms with Crippen LogP contribution in [-0.2, 0) is 14.3 Å². The van der Waals surface area contributed by atoms with E-state index in [1.165, 1.54) is 11.8 Å². The van der Waals surface area contributed by atoms with Gasteiger partial charge in [-0.25, -0.2) is 4.79 Å². The lowest BCUT2D eigenvalue weighted by Gasteiger charge is -2.52. The van der Waals surface area contributed by atoms with E-state index in [1.54, 1.807) is 29.4 Å². The number of alkyl halides is 1. The summed E-state index contributed by atoms with van der Waals surface area (Å²) in [4.78, 5) is 32.8. The van der Waals surface area contributed by atoms with Gasteiger partial charge in [-0.3, -0.25) is 9.78 Å². The molecule has 1 N–H and O–H groups in total. The SMILES string of the molecule is CC1(C)S[C@H]2N(C(=O)[C@]2(Br)C(O)c2cccnc2)[C@H]1C(=O)OC(c1ccccc1)c1ccccc1. The number of benzene rings is 2. The number of nitrogens with zero attached hydrogens (tertiary/aromatic N) is 2. The van der Waals surface area contributed by atoms with Gasteiger partial charge in [0, 0.05) is 22.7 Å². The van der Waals surface area contributed by atoms with Crippen LogP contribution in [0.3, 0.4) is 0 Å². The second-order valence-corrected chi connectivity index (χ2v) is 12.3. The molecule has 180 valence electrons. The van der Waals surface area contributed by atoms with Gasteiger partial charge in [-0.2, -0.15) is 0 Å². The Kier molecular flexibility index (Phi) is 6.23. The molecule has 2 fully saturated rings. The fourth-order valence-electron chi connectivity index (χ4n) is 4.82. The van der Waals surface area contributed by atoms with E-state index >= 15 is 0 Å². The molecule has 1 unspecified atom stereocenters. The van der Waals surface area contributed by atoms with Crippen LogP contribution in [0, 0.1) is 0 Å². The van der Waals surface area contributed by atoms with E-state index in [9.17, 15) is 14.7 Å². The average molecular weight is 553 g/mol. The average Bonchev–Trinajstić information content (AvgIpc) is 3.16. The molecule has 1 aromatic heterocycles. The Morgan fingerprint density at radius 2 is 1.60 bits per heavy atom. The van der Waals surface area contributed by atoms with E-state index in [2.05, 4.69) is 20.9 Å². The number of amides is 1. The number of thioether (sulfide) groups is 1. The Hall–Kier alpha value is -2.68. The molecular formula is C27H25BrN2O4S. The number of esters is 1. The van der Waals surface area contributed by atoms with E-state index in [-0.39, 0.29) is 5.91 Å². The molecule has 3 heterocycles. The number of fused-ring (bicyclic) bond motifs is 1. The van der Waals surface area contributed by atoms with Crippen molar-refractivity contribution in [2.24, 2.45) is 0 Å². The number of β-lactam (4-membered cyclic amide) rings is 1. The third kappa shape index (κ3) is 3.97. The number of halogens is 1. The van der Waals surface area contributed by atoms with Crippen molar-refractivity contribution in [1.82, 2.24) is 9.88 Å². The largest absolute Gasteiger partial charge is 0.451 e. The minimum absolute atomic E-state index is 0.338. The highest BCUT2D eigenvalue weighted by atomic mass is 79.9. The fraction of sp³-hybridized carbons (Fsp3) is 0.296. The van der Waals surface area contributed by atoms with Gasteiger partial charge in [0.1, 0.15) is 17.5 Å². The second kappa shape index (κ2) is 9.08. The second-order valence-electron chi connectivity index (χ2n) is 9.28. The summed E-state index contributed by atoms with van der Waals surface area (Å²) in [5.74, 6) is -0.809. The van der Waals surface area contributed by atoms with E-state index in [4.69, 9.17) is 4.74 Å². The molecule has 0 saturated carbocycles. The van der Waals surface area contributed by atoms with Crippen LogP contribution < -0.4 is 0 Å². The highest BCUT2D eigenvalue weighted by Crippen LogP contribution is 2.61. The number of carbonyl (C=O) groups excluding carboxylic acids is 2. The predicted octanol–water partition coefficient (Wildman–Crippen LogP) is 4.64. The molecule has 35 heavy (non-hydrogen) atoms. The normalized spacial score (nSPS) is 25.6. The predicted molar refractivity (Wildman–Crippen MR) is 138 cm³/mol. The van der Waals surface area contributed by atoms with E-state index in [1.807, 2.05) is 74.5 Å². The summed E-state index contributed by atoms with van der Waals surface area (Å²) in [7, 11) is 0. The lowest BCUT2D eigenvalue weighted by molar-refractivity contribution is -0.169. The number of hydrogen-bond acceptors (Lipinski definition) is 6. The van der Waals surface area contributed by atoms with Crippen LogP contribution in [0.5, 0.6) is 0 Å². The van der Waals surface area contributed by atoms with Gasteiger partial charge in [0.05, 0.1) is 0 Å². The summed E-state index contributed by atoms with van der Waals surface area (Å²) in [5, 5.41) is 10.7. The van der Waals surface area contributed by atoms with Crippen molar-refractivity contribution >= 4 is 39.6 Å². The molecule has 5 rings (SSSR count). The molecule has 2 saturated heterocycles. The first-order valence-electron chi connectivity index (χ1n) is 11.3. The van der Waals surface area contributed by atoms with Crippen LogP contribution in [0.2, 0.25) is 0 Å². The minimum atomic E-state index is -1.24. The molecule has 1 amide bonds. The third-order valence-electron chi connectivity index (χ3n) is 6.59. The van der Waals surface area contributed by atoms with Crippen LogP contribution in [0.15, 0.2) is 85.2 Å². The number of pyridine rings is 1. The van der Waals surface area contributed by atoms with E-state index in [0.29, 0.717) is 5.56 Å². The van der Waals surface area contributed by atoms with Gasteiger partial charge in [0.15, 0.2) is 10.4 Å². The number of aliphatic hydroxyl groups is 1. The standard InChI is InChI=1S/C27H25BrN2O4S/c1-26(2)21(23(32)34-20(17-10-5-3-6-11-17)18-12-7-4-8-13-18)30-24(33)27(28,25(30)35-26)22(31)19-14-9-15-29-16-19/h3-16,20-22,25,31H,1-2H3/t21-,22?,25+,27+/m0/s1. The fourth-order valence-corrected chi connectivity index (χ4v) is 7.44. The molecule has 4 atom stereocenters. The first-order chi connectivity index (χ1) is 16.7. The third-order valence-corrected chi connectivity index (χ3v) is 9.75. The van der Waals surface area contributed by atoms with Gasteiger partial charge in [0.2, 0.25) is 5.91 Å². The van der Waals surface area contributed by atoms with Crippen molar-refractivity contribution in [3.05, 3.63) is 102 Å². The Morgan fingerprint density at radius 1 is 1.03 bits per heavy atom. The molecule has 0 aliphatic carbocycles. The van der Waals surface area contributed by atoms with E-state index in [0.717, 1.165) is 11.1 Å². The Balaban J connectivity index is 1.43. The lowest BCUT2D eigenvalue weighted by atomic mass is 9.85. The highest BCUT2D eigenvalue weighted by Gasteiger charge is 2.73. The van der Waals surface area contributed by atoms with Crippen molar-refractivity contribution in [3.63, 3.8) is 0 Å². The van der Waals surface area contributed by atoms with Crippen molar-refractivity contribution in [3.8, 4) is 0 Å². The molecule has 8 heteroatoms. The van der Waals surface area contributed by atoms with Crippen LogP contribution in [0.1, 0.15) is 42.7 Å². The van der Waals surface area contributed by atoms with Gasteiger partial charge >= 0.3 is 5.97 Å². The van der Waals surface area contributed by atoms with Crippen LogP contribution in [-0.4, -0.2) is 47.4 Å². The lowest BCUT2D eigenvalue weighted by Crippen LogP contribution is -2.72. The highest BCUT2D eigenvalue weighted by molar-refractivity contribution is 9.10. The molecule has 0 bridgehead atoms. The topological polar surface area (TPSA) is 79.7 Å². The first kappa shape index (κ1) is 24.0. The van der Waals surface area contributed by atoms with Crippen LogP contribution in [0.25, 0.3) is 0 Å². The number of rotatable bonds is 6. The Labute approximate surface area is 216 Å². The summed E-state index contributed by atoms with van der Waals surface area (Å²) in [6.45, 7) is 3.86. The van der Waals surface area contributed by atoms with E-state index < -0.39 is 38.7 Å². The monoisotopic (exact) mass is 552 g/mol. The summed E-state index contributed by atoms with van der Waals surface area (Å²) in [6, 6.07) is 21.8. The number of aliphatic hydroxyl groups excluding tert-OH is 1. The maximum Gasteiger partial charge on any atom is 0.331 e. The number of carbonyl (C=O) groups is 2. The van der Waals surface area contributed by atoms with Gasteiger partial charge in [0.25, 0.3) is 0 Å². The maximum atomic E-state index is 13.7. The van der Waals surface area contributed by atoms with Gasteiger partial charge < -0.3 is 14.7 Å². The van der Waals surface area contributed by atoms with Crippen molar-refractivity contribution < 1.29 is 19.4 Å². The summed E-state index contributed by atoms with van der Waals surface area (Å²) in [5.41, 5.74) is 2.24. The number of aromatic nitrogens is 1. The molecule has 2 aliphatic rings. The van der Waals surface area contributed by atoms with Gasteiger partial charge in [-0.1, -0.05) is 82.7 Å². The maximum absolute atomic E-state index is 13.7. The van der Waals surface area contributed by atoms with Gasteiger partial charge in [-0.15, -0.1) is 11.8 Å². The van der Waals surface area contributed by atoms with Crippen molar-refractivity contribution in [2.45, 2.75) is 46.5 Å². The van der Waals surface area contributed by atoms with Gasteiger partial charge in [-0.05, 0) is 31.0 Å². The summed E-state index contributed by atoms with van der Waals surface area (Å²) in [6.07, 6.45) is 1.45. The first-order valence-corrected chi connectivity index (χ1v) is 13.0. The zero-order valence-electron chi connectivity index (χ0n) is 19.2. The summed E-state index contributed by atoms with van der Waals surface area (Å²) < 4.78 is 4.25. The van der Waals surface area contributed by atoms with Crippen LogP contribution >= 0.6 is 27.7 Å². The number of ether oxygens (including phenoxy) is 1. The molecule has 0 spiro atoms. The quantitative estimate of drug-likeness (QED) is 0.272. The molecular weight excluding hydrogens is 528 g/mol. The zero-order chi connectivity index (χ0) is 24.8. The summed E-state index contributed by atoms with van der Waals surface area (Å²) >= 11 is 5.04. The smallest absolute Gasteiger partial charge is 0.331 e. The zero-order valence-corrected chi connectivity index (χ0v) is 21.6. The Bertz CT molecular complexity index is 1190. The molecule has 2 aliphatic heterocycles. The molecule has 3 aromatic rings.